The number of nitrogens with one attached hydrogen (secondary N) is 2. The number of carbonyl (C=O) groups excluding carboxylic acids is 1. The summed E-state index contributed by atoms with van der Waals surface area (Å²) in [5.41, 5.74) is 2.11. The third-order valence-electron chi connectivity index (χ3n) is 4.42. The lowest BCUT2D eigenvalue weighted by Crippen LogP contribution is -2.18. The van der Waals surface area contributed by atoms with Crippen LogP contribution >= 0.6 is 0 Å². The van der Waals surface area contributed by atoms with Gasteiger partial charge in [0.1, 0.15) is 11.5 Å². The molecule has 3 aromatic carbocycles. The average molecular weight is 425 g/mol. The Hall–Kier alpha value is -3.32. The van der Waals surface area contributed by atoms with Crippen LogP contribution in [0.4, 0.5) is 11.4 Å². The molecule has 0 atom stereocenters. The number of benzene rings is 3. The van der Waals surface area contributed by atoms with Gasteiger partial charge in [0.15, 0.2) is 0 Å². The number of amides is 1. The van der Waals surface area contributed by atoms with Gasteiger partial charge in [-0.15, -0.1) is 0 Å². The predicted molar refractivity (Wildman–Crippen MR) is 120 cm³/mol. The molecule has 7 heteroatoms. The van der Waals surface area contributed by atoms with E-state index in [1.165, 1.54) is 0 Å². The summed E-state index contributed by atoms with van der Waals surface area (Å²) in [6.07, 6.45) is 0.523. The zero-order valence-electron chi connectivity index (χ0n) is 16.9. The summed E-state index contributed by atoms with van der Waals surface area (Å²) < 4.78 is 32.4. The van der Waals surface area contributed by atoms with Gasteiger partial charge >= 0.3 is 0 Å². The Morgan fingerprint density at radius 1 is 0.867 bits per heavy atom. The molecule has 0 aliphatic heterocycles. The van der Waals surface area contributed by atoms with E-state index in [0.717, 1.165) is 0 Å². The van der Waals surface area contributed by atoms with Crippen LogP contribution in [0.15, 0.2) is 72.8 Å². The molecular weight excluding hydrogens is 400 g/mol. The molecule has 0 unspecified atom stereocenters. The number of rotatable bonds is 8. The molecule has 0 saturated carbocycles. The lowest BCUT2D eigenvalue weighted by molar-refractivity contribution is 0.102. The molecule has 0 spiro atoms. The molecule has 6 nitrogen and oxygen atoms in total. The number of sulfonamides is 1. The van der Waals surface area contributed by atoms with Crippen molar-refractivity contribution < 1.29 is 17.9 Å². The maximum atomic E-state index is 12.6. The fraction of sp³-hybridized carbons (Fsp3) is 0.174. The monoisotopic (exact) mass is 424 g/mol. The average Bonchev–Trinajstić information content (AvgIpc) is 2.72. The Balaban J connectivity index is 1.70. The van der Waals surface area contributed by atoms with Crippen LogP contribution in [0.1, 0.15) is 29.3 Å². The van der Waals surface area contributed by atoms with Gasteiger partial charge in [0.25, 0.3) is 5.91 Å². The van der Waals surface area contributed by atoms with Crippen molar-refractivity contribution in [3.63, 3.8) is 0 Å². The second-order valence-corrected chi connectivity index (χ2v) is 8.63. The van der Waals surface area contributed by atoms with E-state index in [1.54, 1.807) is 56.3 Å². The lowest BCUT2D eigenvalue weighted by Gasteiger charge is -2.14. The van der Waals surface area contributed by atoms with E-state index in [4.69, 9.17) is 4.74 Å². The molecule has 156 valence electrons. The smallest absolute Gasteiger partial charge is 0.255 e. The summed E-state index contributed by atoms with van der Waals surface area (Å²) in [7, 11) is -3.41. The Bertz CT molecular complexity index is 1110. The van der Waals surface area contributed by atoms with Gasteiger partial charge in [0.2, 0.25) is 10.0 Å². The Kier molecular flexibility index (Phi) is 6.74. The summed E-state index contributed by atoms with van der Waals surface area (Å²) in [6.45, 7) is 3.56. The van der Waals surface area contributed by atoms with Gasteiger partial charge in [0.05, 0.1) is 11.4 Å². The number of hydrogen-bond donors (Lipinski definition) is 2. The molecule has 0 heterocycles. The Labute approximate surface area is 177 Å². The van der Waals surface area contributed by atoms with E-state index >= 15 is 0 Å². The van der Waals surface area contributed by atoms with Crippen molar-refractivity contribution in [3.05, 3.63) is 83.9 Å². The summed E-state index contributed by atoms with van der Waals surface area (Å²) in [4.78, 5) is 12.6. The Morgan fingerprint density at radius 2 is 1.50 bits per heavy atom. The Morgan fingerprint density at radius 3 is 2.17 bits per heavy atom. The van der Waals surface area contributed by atoms with Crippen LogP contribution in [-0.4, -0.2) is 20.1 Å². The molecule has 0 aliphatic carbocycles. The fourth-order valence-corrected chi connectivity index (χ4v) is 4.06. The second kappa shape index (κ2) is 9.45. The molecule has 1 amide bonds. The molecular formula is C23H24N2O4S. The molecule has 0 aromatic heterocycles. The third kappa shape index (κ3) is 5.61. The van der Waals surface area contributed by atoms with E-state index in [1.807, 2.05) is 30.3 Å². The van der Waals surface area contributed by atoms with Crippen molar-refractivity contribution in [2.24, 2.45) is 0 Å². The molecule has 3 aromatic rings. The third-order valence-corrected chi connectivity index (χ3v) is 5.89. The largest absolute Gasteiger partial charge is 0.457 e. The molecule has 2 N–H and O–H groups in total. The minimum Gasteiger partial charge on any atom is -0.457 e. The van der Waals surface area contributed by atoms with Crippen molar-refractivity contribution >= 4 is 27.3 Å². The van der Waals surface area contributed by atoms with Gasteiger partial charge in [-0.2, -0.15) is 0 Å². The van der Waals surface area contributed by atoms with E-state index in [-0.39, 0.29) is 11.7 Å². The minimum atomic E-state index is -3.41. The summed E-state index contributed by atoms with van der Waals surface area (Å²) in [5.74, 6) is 1.09. The first-order valence-electron chi connectivity index (χ1n) is 9.62. The first-order chi connectivity index (χ1) is 14.4. The maximum absolute atomic E-state index is 12.6. The minimum absolute atomic E-state index is 0.0421. The van der Waals surface area contributed by atoms with E-state index in [9.17, 15) is 13.2 Å². The zero-order chi connectivity index (χ0) is 21.6. The highest BCUT2D eigenvalue weighted by atomic mass is 32.2. The van der Waals surface area contributed by atoms with Gasteiger partial charge in [-0.25, -0.2) is 8.42 Å². The standard InChI is InChI=1S/C23H24N2O4S/c1-3-16-30(27,28)25-22-11-7-10-21(17(22)2)24-23(26)18-12-14-20(15-13-18)29-19-8-5-4-6-9-19/h4-15,25H,3,16H2,1-2H3,(H,24,26). The molecule has 3 rings (SSSR count). The first-order valence-corrected chi connectivity index (χ1v) is 11.3. The zero-order valence-corrected chi connectivity index (χ0v) is 17.7. The van der Waals surface area contributed by atoms with Crippen molar-refractivity contribution in [3.8, 4) is 11.5 Å². The van der Waals surface area contributed by atoms with Crippen LogP contribution < -0.4 is 14.8 Å². The predicted octanol–water partition coefficient (Wildman–Crippen LogP) is 5.19. The first kappa shape index (κ1) is 21.4. The normalized spacial score (nSPS) is 11.0. The van der Waals surface area contributed by atoms with Crippen LogP contribution in [-0.2, 0) is 10.0 Å². The highest BCUT2D eigenvalue weighted by Gasteiger charge is 2.14. The SMILES string of the molecule is CCCS(=O)(=O)Nc1cccc(NC(=O)c2ccc(Oc3ccccc3)cc2)c1C. The van der Waals surface area contributed by atoms with Crippen molar-refractivity contribution in [2.75, 3.05) is 15.8 Å². The molecule has 0 aliphatic rings. The highest BCUT2D eigenvalue weighted by Crippen LogP contribution is 2.26. The topological polar surface area (TPSA) is 84.5 Å². The van der Waals surface area contributed by atoms with Gasteiger partial charge in [0, 0.05) is 11.3 Å². The van der Waals surface area contributed by atoms with Gasteiger partial charge in [-0.1, -0.05) is 31.2 Å². The van der Waals surface area contributed by atoms with Crippen molar-refractivity contribution in [1.29, 1.82) is 0 Å². The number of carbonyl (C=O) groups is 1. The summed E-state index contributed by atoms with van der Waals surface area (Å²) >= 11 is 0. The molecule has 0 fully saturated rings. The maximum Gasteiger partial charge on any atom is 0.255 e. The number of anilines is 2. The van der Waals surface area contributed by atoms with E-state index < -0.39 is 10.0 Å². The number of ether oxygens (including phenoxy) is 1. The summed E-state index contributed by atoms with van der Waals surface area (Å²) in [5, 5.41) is 2.84. The van der Waals surface area contributed by atoms with Crippen LogP contribution in [0.2, 0.25) is 0 Å². The van der Waals surface area contributed by atoms with Crippen LogP contribution in [0, 0.1) is 6.92 Å². The lowest BCUT2D eigenvalue weighted by atomic mass is 10.1. The quantitative estimate of drug-likeness (QED) is 0.521. The molecule has 0 radical (unpaired) electrons. The number of para-hydroxylation sites is 1. The highest BCUT2D eigenvalue weighted by molar-refractivity contribution is 7.92. The summed E-state index contributed by atoms with van der Waals surface area (Å²) in [6, 6.07) is 21.3. The fourth-order valence-electron chi connectivity index (χ4n) is 2.86. The molecule has 30 heavy (non-hydrogen) atoms. The van der Waals surface area contributed by atoms with Crippen LogP contribution in [0.5, 0.6) is 11.5 Å². The van der Waals surface area contributed by atoms with E-state index in [2.05, 4.69) is 10.0 Å². The van der Waals surface area contributed by atoms with E-state index in [0.29, 0.717) is 40.4 Å². The number of hydrogen-bond acceptors (Lipinski definition) is 4. The van der Waals surface area contributed by atoms with Crippen LogP contribution in [0.3, 0.4) is 0 Å². The van der Waals surface area contributed by atoms with Gasteiger partial charge in [-0.3, -0.25) is 9.52 Å². The van der Waals surface area contributed by atoms with Crippen LogP contribution in [0.25, 0.3) is 0 Å². The van der Waals surface area contributed by atoms with Crippen molar-refractivity contribution in [1.82, 2.24) is 0 Å². The van der Waals surface area contributed by atoms with Gasteiger partial charge < -0.3 is 10.1 Å². The van der Waals surface area contributed by atoms with Gasteiger partial charge in [-0.05, 0) is 67.4 Å². The molecule has 0 bridgehead atoms. The molecule has 0 saturated heterocycles. The second-order valence-electron chi connectivity index (χ2n) is 6.79. The van der Waals surface area contributed by atoms with Crippen molar-refractivity contribution in [2.45, 2.75) is 20.3 Å².